The van der Waals surface area contributed by atoms with E-state index in [1.54, 1.807) is 12.2 Å². The fourth-order valence-corrected chi connectivity index (χ4v) is 4.62. The molecule has 1 saturated heterocycles. The number of allylic oxidation sites excluding steroid dienone is 6. The second-order valence-electron chi connectivity index (χ2n) is 7.84. The highest BCUT2D eigenvalue weighted by atomic mass is 35.5. The summed E-state index contributed by atoms with van der Waals surface area (Å²) in [5, 5.41) is 0.314. The van der Waals surface area contributed by atoms with E-state index in [0.717, 1.165) is 19.5 Å². The van der Waals surface area contributed by atoms with Gasteiger partial charge in [0.15, 0.2) is 0 Å². The molecule has 2 aromatic rings. The lowest BCUT2D eigenvalue weighted by molar-refractivity contribution is 0.121. The quantitative estimate of drug-likeness (QED) is 0.380. The highest BCUT2D eigenvalue weighted by molar-refractivity contribution is 6.29. The Balaban J connectivity index is 2.15. The fraction of sp³-hybridized carbons (Fsp3) is 0.214. The maximum atomic E-state index is 5.87. The second kappa shape index (κ2) is 11.0. The standard InChI is InChI=1S/C28H31ClN2/c1-3-4-5-8-13-23(2)28(25-14-9-6-10-15-25,26-16-11-7-12-17-26)31-21-20-24(22-31)18-19-27(29)30/h3-19,23H,1,20-22,30H2,2H3/b5-4-,13-8-,24-18+,27-19-. The second-order valence-corrected chi connectivity index (χ2v) is 8.28. The molecule has 1 aliphatic rings. The van der Waals surface area contributed by atoms with Gasteiger partial charge in [-0.15, -0.1) is 0 Å². The summed E-state index contributed by atoms with van der Waals surface area (Å²) in [6.07, 6.45) is 15.0. The van der Waals surface area contributed by atoms with Crippen molar-refractivity contribution in [1.82, 2.24) is 4.90 Å². The van der Waals surface area contributed by atoms with Gasteiger partial charge in [-0.3, -0.25) is 4.90 Å². The minimum absolute atomic E-state index is 0.222. The molecule has 0 amide bonds. The molecule has 0 bridgehead atoms. The Morgan fingerprint density at radius 3 is 2.19 bits per heavy atom. The van der Waals surface area contributed by atoms with Crippen LogP contribution in [0.15, 0.2) is 121 Å². The van der Waals surface area contributed by atoms with Crippen LogP contribution < -0.4 is 5.73 Å². The van der Waals surface area contributed by atoms with Gasteiger partial charge in [-0.05, 0) is 23.6 Å². The maximum absolute atomic E-state index is 5.87. The van der Waals surface area contributed by atoms with Crippen molar-refractivity contribution >= 4 is 11.6 Å². The lowest BCUT2D eigenvalue weighted by Crippen LogP contribution is -2.50. The van der Waals surface area contributed by atoms with Gasteiger partial charge >= 0.3 is 0 Å². The Kier molecular flexibility index (Phi) is 8.11. The first-order valence-electron chi connectivity index (χ1n) is 10.7. The van der Waals surface area contributed by atoms with Gasteiger partial charge in [-0.25, -0.2) is 0 Å². The smallest absolute Gasteiger partial charge is 0.0991 e. The van der Waals surface area contributed by atoms with Gasteiger partial charge in [0.2, 0.25) is 0 Å². The Hall–Kier alpha value is -2.81. The van der Waals surface area contributed by atoms with Crippen LogP contribution >= 0.6 is 11.6 Å². The van der Waals surface area contributed by atoms with E-state index in [0.29, 0.717) is 5.16 Å². The molecule has 0 aromatic heterocycles. The van der Waals surface area contributed by atoms with Crippen LogP contribution in [0.1, 0.15) is 24.5 Å². The van der Waals surface area contributed by atoms with E-state index in [-0.39, 0.29) is 11.5 Å². The van der Waals surface area contributed by atoms with Gasteiger partial charge in [-0.2, -0.15) is 0 Å². The molecule has 0 aliphatic carbocycles. The number of halogens is 1. The van der Waals surface area contributed by atoms with E-state index in [4.69, 9.17) is 17.3 Å². The molecule has 1 heterocycles. The average Bonchev–Trinajstić information content (AvgIpc) is 3.26. The summed E-state index contributed by atoms with van der Waals surface area (Å²) in [6, 6.07) is 21.7. The molecule has 1 unspecified atom stereocenters. The number of likely N-dealkylation sites (tertiary alicyclic amines) is 1. The molecule has 1 atom stereocenters. The van der Waals surface area contributed by atoms with E-state index in [9.17, 15) is 0 Å². The Morgan fingerprint density at radius 1 is 1.03 bits per heavy atom. The zero-order valence-corrected chi connectivity index (χ0v) is 18.9. The minimum Gasteiger partial charge on any atom is -0.389 e. The van der Waals surface area contributed by atoms with Crippen LogP contribution in [0.4, 0.5) is 0 Å². The molecule has 31 heavy (non-hydrogen) atoms. The summed E-state index contributed by atoms with van der Waals surface area (Å²) in [4.78, 5) is 2.59. The van der Waals surface area contributed by atoms with Gasteiger partial charge in [0, 0.05) is 19.0 Å². The highest BCUT2D eigenvalue weighted by Crippen LogP contribution is 2.45. The SMILES string of the molecule is C=C/C=C\C=C/C(C)C(c1ccccc1)(c1ccccc1)N1CC/C(=C\C=C(/N)Cl)C1. The molecule has 2 nitrogen and oxygen atoms in total. The normalized spacial score (nSPS) is 18.3. The van der Waals surface area contributed by atoms with E-state index < -0.39 is 0 Å². The van der Waals surface area contributed by atoms with Crippen molar-refractivity contribution in [3.63, 3.8) is 0 Å². The van der Waals surface area contributed by atoms with Crippen LogP contribution in [0.5, 0.6) is 0 Å². The first kappa shape index (κ1) is 22.9. The average molecular weight is 431 g/mol. The molecule has 2 N–H and O–H groups in total. The minimum atomic E-state index is -0.299. The van der Waals surface area contributed by atoms with E-state index in [1.807, 2.05) is 12.2 Å². The predicted molar refractivity (Wildman–Crippen MR) is 134 cm³/mol. The molecule has 0 radical (unpaired) electrons. The van der Waals surface area contributed by atoms with Crippen molar-refractivity contribution in [2.24, 2.45) is 11.7 Å². The van der Waals surface area contributed by atoms with E-state index >= 15 is 0 Å². The molecule has 0 spiro atoms. The van der Waals surface area contributed by atoms with Crippen molar-refractivity contribution in [2.75, 3.05) is 13.1 Å². The van der Waals surface area contributed by atoms with Crippen LogP contribution in [-0.4, -0.2) is 18.0 Å². The maximum Gasteiger partial charge on any atom is 0.0991 e. The summed E-state index contributed by atoms with van der Waals surface area (Å²) >= 11 is 5.87. The van der Waals surface area contributed by atoms with Crippen molar-refractivity contribution in [2.45, 2.75) is 18.9 Å². The van der Waals surface area contributed by atoms with Crippen molar-refractivity contribution in [1.29, 1.82) is 0 Å². The Morgan fingerprint density at radius 2 is 1.65 bits per heavy atom. The van der Waals surface area contributed by atoms with Gasteiger partial charge in [-0.1, -0.05) is 128 Å². The lowest BCUT2D eigenvalue weighted by atomic mass is 9.72. The summed E-state index contributed by atoms with van der Waals surface area (Å²) in [5.41, 5.74) is 9.27. The highest BCUT2D eigenvalue weighted by Gasteiger charge is 2.45. The van der Waals surface area contributed by atoms with Crippen LogP contribution in [-0.2, 0) is 5.54 Å². The monoisotopic (exact) mass is 430 g/mol. The zero-order chi connectivity index (χ0) is 22.1. The molecule has 0 saturated carbocycles. The molecule has 3 heteroatoms. The number of nitrogens with zero attached hydrogens (tertiary/aromatic N) is 1. The largest absolute Gasteiger partial charge is 0.389 e. The molecule has 2 aromatic carbocycles. The van der Waals surface area contributed by atoms with Crippen LogP contribution in [0.3, 0.4) is 0 Å². The molecule has 3 rings (SSSR count). The molecular weight excluding hydrogens is 400 g/mol. The van der Waals surface area contributed by atoms with Gasteiger partial charge in [0.05, 0.1) is 10.7 Å². The summed E-state index contributed by atoms with van der Waals surface area (Å²) in [7, 11) is 0. The Labute approximate surface area is 191 Å². The van der Waals surface area contributed by atoms with Crippen molar-refractivity contribution < 1.29 is 0 Å². The molecule has 160 valence electrons. The van der Waals surface area contributed by atoms with E-state index in [2.05, 4.69) is 97.3 Å². The van der Waals surface area contributed by atoms with Crippen molar-refractivity contribution in [3.8, 4) is 0 Å². The molecular formula is C28H31ClN2. The third kappa shape index (κ3) is 5.28. The molecule has 1 fully saturated rings. The number of hydrogen-bond donors (Lipinski definition) is 1. The van der Waals surface area contributed by atoms with Gasteiger partial charge < -0.3 is 5.73 Å². The van der Waals surface area contributed by atoms with E-state index in [1.165, 1.54) is 16.7 Å². The predicted octanol–water partition coefficient (Wildman–Crippen LogP) is 6.54. The van der Waals surface area contributed by atoms with Crippen molar-refractivity contribution in [3.05, 3.63) is 132 Å². The molecule has 1 aliphatic heterocycles. The third-order valence-corrected chi connectivity index (χ3v) is 6.04. The van der Waals surface area contributed by atoms with Crippen LogP contribution in [0, 0.1) is 5.92 Å². The summed E-state index contributed by atoms with van der Waals surface area (Å²) in [5.74, 6) is 0.222. The zero-order valence-electron chi connectivity index (χ0n) is 18.1. The number of hydrogen-bond acceptors (Lipinski definition) is 2. The first-order chi connectivity index (χ1) is 15.1. The summed E-state index contributed by atoms with van der Waals surface area (Å²) in [6.45, 7) is 7.90. The topological polar surface area (TPSA) is 29.3 Å². The lowest BCUT2D eigenvalue weighted by Gasteiger charge is -2.46. The van der Waals surface area contributed by atoms with Gasteiger partial charge in [0.1, 0.15) is 0 Å². The fourth-order valence-electron chi connectivity index (χ4n) is 4.56. The first-order valence-corrected chi connectivity index (χ1v) is 11.1. The Bertz CT molecular complexity index is 927. The van der Waals surface area contributed by atoms with Crippen LogP contribution in [0.2, 0.25) is 0 Å². The third-order valence-electron chi connectivity index (χ3n) is 5.92. The number of nitrogens with two attached hydrogens (primary N) is 1. The number of benzene rings is 2. The van der Waals surface area contributed by atoms with Crippen LogP contribution in [0.25, 0.3) is 0 Å². The van der Waals surface area contributed by atoms with Gasteiger partial charge in [0.25, 0.3) is 0 Å². The summed E-state index contributed by atoms with van der Waals surface area (Å²) < 4.78 is 0. The number of rotatable bonds is 8.